The van der Waals surface area contributed by atoms with Gasteiger partial charge >= 0.3 is 5.97 Å². The standard InChI is InChI=1S/C17H18O6/c1-21-13-7-8-14(15(9-13)22-2)17(20)11-3-5-12(6-4-11)23-10-16(18)19/h3-9,17,20H,10H2,1-2H3,(H,18,19). The van der Waals surface area contributed by atoms with Crippen LogP contribution < -0.4 is 14.2 Å². The van der Waals surface area contributed by atoms with E-state index in [4.69, 9.17) is 19.3 Å². The lowest BCUT2D eigenvalue weighted by atomic mass is 10.0. The molecule has 2 N–H and O–H groups in total. The first-order valence-electron chi connectivity index (χ1n) is 6.89. The third kappa shape index (κ3) is 4.14. The molecule has 2 aromatic carbocycles. The summed E-state index contributed by atoms with van der Waals surface area (Å²) >= 11 is 0. The molecule has 0 amide bonds. The zero-order valence-corrected chi connectivity index (χ0v) is 12.9. The molecular weight excluding hydrogens is 300 g/mol. The van der Waals surface area contributed by atoms with Crippen molar-refractivity contribution in [1.29, 1.82) is 0 Å². The number of rotatable bonds is 7. The summed E-state index contributed by atoms with van der Waals surface area (Å²) in [5.41, 5.74) is 1.24. The van der Waals surface area contributed by atoms with Crippen molar-refractivity contribution in [2.75, 3.05) is 20.8 Å². The van der Waals surface area contributed by atoms with Crippen molar-refractivity contribution >= 4 is 5.97 Å². The van der Waals surface area contributed by atoms with Crippen molar-refractivity contribution in [2.45, 2.75) is 6.10 Å². The van der Waals surface area contributed by atoms with E-state index in [0.717, 1.165) is 0 Å². The number of ether oxygens (including phenoxy) is 3. The van der Waals surface area contributed by atoms with Crippen LogP contribution in [0.3, 0.4) is 0 Å². The average molecular weight is 318 g/mol. The molecule has 0 aromatic heterocycles. The molecular formula is C17H18O6. The van der Waals surface area contributed by atoms with Crippen LogP contribution in [0.4, 0.5) is 0 Å². The molecule has 0 aliphatic heterocycles. The molecule has 122 valence electrons. The average Bonchev–Trinajstić information content (AvgIpc) is 2.59. The van der Waals surface area contributed by atoms with E-state index in [-0.39, 0.29) is 0 Å². The van der Waals surface area contributed by atoms with Gasteiger partial charge in [-0.2, -0.15) is 0 Å². The Kier molecular flexibility index (Phi) is 5.43. The third-order valence-corrected chi connectivity index (χ3v) is 3.29. The predicted molar refractivity (Wildman–Crippen MR) is 83.2 cm³/mol. The van der Waals surface area contributed by atoms with Crippen LogP contribution in [0.5, 0.6) is 17.2 Å². The van der Waals surface area contributed by atoms with Gasteiger partial charge in [0.1, 0.15) is 23.4 Å². The normalized spacial score (nSPS) is 11.6. The fourth-order valence-corrected chi connectivity index (χ4v) is 2.12. The van der Waals surface area contributed by atoms with E-state index in [9.17, 15) is 9.90 Å². The smallest absolute Gasteiger partial charge is 0.341 e. The lowest BCUT2D eigenvalue weighted by molar-refractivity contribution is -0.139. The van der Waals surface area contributed by atoms with Gasteiger partial charge in [0.05, 0.1) is 14.2 Å². The van der Waals surface area contributed by atoms with Crippen molar-refractivity contribution in [3.05, 3.63) is 53.6 Å². The number of benzene rings is 2. The van der Waals surface area contributed by atoms with Crippen LogP contribution >= 0.6 is 0 Å². The summed E-state index contributed by atoms with van der Waals surface area (Å²) in [5, 5.41) is 19.1. The Morgan fingerprint density at radius 2 is 1.70 bits per heavy atom. The van der Waals surface area contributed by atoms with Crippen LogP contribution in [0.1, 0.15) is 17.2 Å². The summed E-state index contributed by atoms with van der Waals surface area (Å²) in [4.78, 5) is 10.5. The molecule has 0 heterocycles. The topological polar surface area (TPSA) is 85.2 Å². The van der Waals surface area contributed by atoms with E-state index in [1.54, 1.807) is 49.6 Å². The molecule has 6 nitrogen and oxygen atoms in total. The SMILES string of the molecule is COc1ccc(C(O)c2ccc(OCC(=O)O)cc2)c(OC)c1. The highest BCUT2D eigenvalue weighted by Gasteiger charge is 2.16. The van der Waals surface area contributed by atoms with Crippen LogP contribution in [-0.2, 0) is 4.79 Å². The summed E-state index contributed by atoms with van der Waals surface area (Å²) in [7, 11) is 3.08. The maximum Gasteiger partial charge on any atom is 0.341 e. The van der Waals surface area contributed by atoms with Gasteiger partial charge in [0, 0.05) is 11.6 Å². The van der Waals surface area contributed by atoms with Gasteiger partial charge in [-0.15, -0.1) is 0 Å². The quantitative estimate of drug-likeness (QED) is 0.814. The van der Waals surface area contributed by atoms with E-state index < -0.39 is 18.7 Å². The molecule has 2 rings (SSSR count). The van der Waals surface area contributed by atoms with Gasteiger partial charge in [-0.3, -0.25) is 0 Å². The zero-order chi connectivity index (χ0) is 16.8. The number of hydrogen-bond donors (Lipinski definition) is 2. The van der Waals surface area contributed by atoms with Gasteiger partial charge in [-0.1, -0.05) is 12.1 Å². The van der Waals surface area contributed by atoms with E-state index in [0.29, 0.717) is 28.4 Å². The van der Waals surface area contributed by atoms with Crippen LogP contribution in [0.15, 0.2) is 42.5 Å². The molecule has 2 aromatic rings. The Bertz CT molecular complexity index is 665. The maximum absolute atomic E-state index is 10.5. The van der Waals surface area contributed by atoms with Gasteiger partial charge < -0.3 is 24.4 Å². The number of carboxylic acids is 1. The maximum atomic E-state index is 10.5. The minimum absolute atomic E-state index is 0.409. The van der Waals surface area contributed by atoms with Crippen LogP contribution in [-0.4, -0.2) is 37.0 Å². The predicted octanol–water partition coefficient (Wildman–Crippen LogP) is 2.25. The third-order valence-electron chi connectivity index (χ3n) is 3.29. The lowest BCUT2D eigenvalue weighted by Crippen LogP contribution is -2.09. The van der Waals surface area contributed by atoms with E-state index in [2.05, 4.69) is 0 Å². The fraction of sp³-hybridized carbons (Fsp3) is 0.235. The molecule has 0 fully saturated rings. The molecule has 23 heavy (non-hydrogen) atoms. The number of aliphatic hydroxyl groups excluding tert-OH is 1. The number of aliphatic carboxylic acids is 1. The summed E-state index contributed by atoms with van der Waals surface area (Å²) in [6.45, 7) is -0.409. The Morgan fingerprint density at radius 1 is 1.04 bits per heavy atom. The minimum Gasteiger partial charge on any atom is -0.497 e. The largest absolute Gasteiger partial charge is 0.497 e. The fourth-order valence-electron chi connectivity index (χ4n) is 2.12. The van der Waals surface area contributed by atoms with Crippen molar-refractivity contribution in [1.82, 2.24) is 0 Å². The van der Waals surface area contributed by atoms with Gasteiger partial charge in [-0.25, -0.2) is 4.79 Å². The summed E-state index contributed by atoms with van der Waals surface area (Å²) < 4.78 is 15.5. The summed E-state index contributed by atoms with van der Waals surface area (Å²) in [6.07, 6.45) is -0.885. The number of carboxylic acid groups (broad SMARTS) is 1. The number of carbonyl (C=O) groups is 1. The Labute approximate surface area is 133 Å². The molecule has 0 spiro atoms. The zero-order valence-electron chi connectivity index (χ0n) is 12.9. The first-order valence-corrected chi connectivity index (χ1v) is 6.89. The lowest BCUT2D eigenvalue weighted by Gasteiger charge is -2.16. The molecule has 6 heteroatoms. The number of aliphatic hydroxyl groups is 1. The van der Waals surface area contributed by atoms with Crippen molar-refractivity contribution in [3.8, 4) is 17.2 Å². The molecule has 0 aliphatic rings. The van der Waals surface area contributed by atoms with Gasteiger partial charge in [0.25, 0.3) is 0 Å². The number of hydrogen-bond acceptors (Lipinski definition) is 5. The Hall–Kier alpha value is -2.73. The first kappa shape index (κ1) is 16.6. The molecule has 0 saturated carbocycles. The second-order valence-electron chi connectivity index (χ2n) is 4.76. The molecule has 0 aliphatic carbocycles. The van der Waals surface area contributed by atoms with Crippen LogP contribution in [0.25, 0.3) is 0 Å². The second-order valence-corrected chi connectivity index (χ2v) is 4.76. The van der Waals surface area contributed by atoms with Crippen molar-refractivity contribution in [3.63, 3.8) is 0 Å². The second kappa shape index (κ2) is 7.51. The van der Waals surface area contributed by atoms with Gasteiger partial charge in [-0.05, 0) is 29.8 Å². The minimum atomic E-state index is -1.04. The number of methoxy groups -OCH3 is 2. The van der Waals surface area contributed by atoms with E-state index in [1.807, 2.05) is 0 Å². The highest BCUT2D eigenvalue weighted by molar-refractivity contribution is 5.68. The highest BCUT2D eigenvalue weighted by Crippen LogP contribution is 2.33. The van der Waals surface area contributed by atoms with Crippen LogP contribution in [0.2, 0.25) is 0 Å². The van der Waals surface area contributed by atoms with Gasteiger partial charge in [0.15, 0.2) is 6.61 Å². The first-order chi connectivity index (χ1) is 11.0. The molecule has 0 bridgehead atoms. The van der Waals surface area contributed by atoms with Crippen molar-refractivity contribution in [2.24, 2.45) is 0 Å². The molecule has 1 atom stereocenters. The molecule has 0 radical (unpaired) electrons. The summed E-state index contributed by atoms with van der Waals surface area (Å²) in [5.74, 6) is 0.528. The van der Waals surface area contributed by atoms with E-state index in [1.165, 1.54) is 7.11 Å². The monoisotopic (exact) mass is 318 g/mol. The van der Waals surface area contributed by atoms with E-state index >= 15 is 0 Å². The highest BCUT2D eigenvalue weighted by atomic mass is 16.5. The Morgan fingerprint density at radius 3 is 2.26 bits per heavy atom. The summed E-state index contributed by atoms with van der Waals surface area (Å²) in [6, 6.07) is 11.7. The van der Waals surface area contributed by atoms with Crippen molar-refractivity contribution < 1.29 is 29.2 Å². The van der Waals surface area contributed by atoms with Gasteiger partial charge in [0.2, 0.25) is 0 Å². The Balaban J connectivity index is 2.19. The van der Waals surface area contributed by atoms with Crippen LogP contribution in [0, 0.1) is 0 Å². The molecule has 1 unspecified atom stereocenters. The molecule has 0 saturated heterocycles.